The van der Waals surface area contributed by atoms with Gasteiger partial charge in [-0.2, -0.15) is 4.72 Å². The molecule has 1 saturated heterocycles. The third kappa shape index (κ3) is 5.92. The summed E-state index contributed by atoms with van der Waals surface area (Å²) in [5, 5.41) is 19.3. The fourth-order valence-corrected chi connectivity index (χ4v) is 4.84. The van der Waals surface area contributed by atoms with E-state index in [1.807, 2.05) is 0 Å². The number of aromatic hydroxyl groups is 2. The standard InChI is InChI=1S/C21H26FN3O5S/c22-8-5-15-6-10-25(11-7-15)21(28)18(12-16-3-4-19(26)20(27)13-16)24-31(29,30)17-2-1-9-23-14-17/h1-4,9,13-15,18,24,26-27H,5-8,10-12H2/t18-/m0/s1. The second-order valence-corrected chi connectivity index (χ2v) is 9.35. The highest BCUT2D eigenvalue weighted by Gasteiger charge is 2.32. The average Bonchev–Trinajstić information content (AvgIpc) is 2.76. The second-order valence-electron chi connectivity index (χ2n) is 7.64. The number of piperidine rings is 1. The first-order chi connectivity index (χ1) is 14.8. The van der Waals surface area contributed by atoms with E-state index < -0.39 is 28.6 Å². The van der Waals surface area contributed by atoms with Crippen LogP contribution in [0.25, 0.3) is 0 Å². The summed E-state index contributed by atoms with van der Waals surface area (Å²) in [4.78, 5) is 18.6. The minimum absolute atomic E-state index is 0.0173. The fourth-order valence-electron chi connectivity index (χ4n) is 3.69. The molecule has 1 fully saturated rings. The van der Waals surface area contributed by atoms with Gasteiger partial charge < -0.3 is 15.1 Å². The Morgan fingerprint density at radius 2 is 1.97 bits per heavy atom. The van der Waals surface area contributed by atoms with E-state index in [2.05, 4.69) is 9.71 Å². The highest BCUT2D eigenvalue weighted by Crippen LogP contribution is 2.26. The van der Waals surface area contributed by atoms with E-state index in [4.69, 9.17) is 0 Å². The largest absolute Gasteiger partial charge is 0.504 e. The van der Waals surface area contributed by atoms with Gasteiger partial charge >= 0.3 is 0 Å². The maximum atomic E-state index is 13.2. The molecule has 0 saturated carbocycles. The molecule has 1 amide bonds. The van der Waals surface area contributed by atoms with Crippen molar-refractivity contribution >= 4 is 15.9 Å². The molecule has 31 heavy (non-hydrogen) atoms. The minimum atomic E-state index is -4.02. The van der Waals surface area contributed by atoms with Crippen LogP contribution < -0.4 is 4.72 Å². The summed E-state index contributed by atoms with van der Waals surface area (Å²) in [7, 11) is -4.02. The number of alkyl halides is 1. The molecule has 3 N–H and O–H groups in total. The number of pyridine rings is 1. The van der Waals surface area contributed by atoms with Crippen molar-refractivity contribution in [1.29, 1.82) is 0 Å². The summed E-state index contributed by atoms with van der Waals surface area (Å²) in [5.41, 5.74) is 0.481. The molecule has 2 aromatic rings. The summed E-state index contributed by atoms with van der Waals surface area (Å²) in [5.74, 6) is -0.837. The molecular weight excluding hydrogens is 425 g/mol. The van der Waals surface area contributed by atoms with Gasteiger partial charge in [0.2, 0.25) is 15.9 Å². The maximum absolute atomic E-state index is 13.2. The van der Waals surface area contributed by atoms with E-state index >= 15 is 0 Å². The number of phenolic OH excluding ortho intramolecular Hbond substituents is 2. The molecule has 0 spiro atoms. The number of nitrogens with zero attached hydrogens (tertiary/aromatic N) is 2. The van der Waals surface area contributed by atoms with Crippen LogP contribution in [0.5, 0.6) is 11.5 Å². The van der Waals surface area contributed by atoms with Crippen molar-refractivity contribution in [1.82, 2.24) is 14.6 Å². The minimum Gasteiger partial charge on any atom is -0.504 e. The van der Waals surface area contributed by atoms with E-state index in [0.29, 0.717) is 37.9 Å². The van der Waals surface area contributed by atoms with Crippen LogP contribution in [0.1, 0.15) is 24.8 Å². The lowest BCUT2D eigenvalue weighted by molar-refractivity contribution is -0.134. The summed E-state index contributed by atoms with van der Waals surface area (Å²) in [6.45, 7) is 0.460. The summed E-state index contributed by atoms with van der Waals surface area (Å²) < 4.78 is 40.7. The zero-order valence-corrected chi connectivity index (χ0v) is 17.8. The van der Waals surface area contributed by atoms with Crippen molar-refractivity contribution in [2.75, 3.05) is 19.8 Å². The first-order valence-corrected chi connectivity index (χ1v) is 11.6. The molecule has 8 nitrogen and oxygen atoms in total. The monoisotopic (exact) mass is 451 g/mol. The molecule has 0 radical (unpaired) electrons. The number of phenols is 2. The van der Waals surface area contributed by atoms with Crippen molar-refractivity contribution in [3.8, 4) is 11.5 Å². The Labute approximate surface area is 180 Å². The first kappa shape index (κ1) is 23.0. The van der Waals surface area contributed by atoms with Gasteiger partial charge in [-0.15, -0.1) is 0 Å². The van der Waals surface area contributed by atoms with Crippen molar-refractivity contribution in [3.63, 3.8) is 0 Å². The number of sulfonamides is 1. The van der Waals surface area contributed by atoms with Crippen LogP contribution in [0, 0.1) is 5.92 Å². The molecule has 1 aromatic heterocycles. The van der Waals surface area contributed by atoms with Gasteiger partial charge in [-0.1, -0.05) is 6.07 Å². The van der Waals surface area contributed by atoms with Gasteiger partial charge in [-0.25, -0.2) is 8.42 Å². The first-order valence-electron chi connectivity index (χ1n) is 10.1. The zero-order valence-electron chi connectivity index (χ0n) is 16.9. The fraction of sp³-hybridized carbons (Fsp3) is 0.429. The Morgan fingerprint density at radius 3 is 2.58 bits per heavy atom. The molecule has 1 aliphatic heterocycles. The quantitative estimate of drug-likeness (QED) is 0.528. The Kier molecular flexibility index (Phi) is 7.45. The number of carbonyl (C=O) groups excluding carboxylic acids is 1. The third-order valence-corrected chi connectivity index (χ3v) is 6.92. The number of amides is 1. The van der Waals surface area contributed by atoms with Crippen molar-refractivity contribution in [2.45, 2.75) is 36.6 Å². The van der Waals surface area contributed by atoms with E-state index in [1.54, 1.807) is 4.90 Å². The van der Waals surface area contributed by atoms with Crippen LogP contribution in [0.3, 0.4) is 0 Å². The predicted octanol–water partition coefficient (Wildman–Crippen LogP) is 1.98. The van der Waals surface area contributed by atoms with Gasteiger partial charge in [0.25, 0.3) is 0 Å². The normalized spacial score (nSPS) is 16.2. The molecular formula is C21H26FN3O5S. The lowest BCUT2D eigenvalue weighted by Gasteiger charge is -2.34. The van der Waals surface area contributed by atoms with Gasteiger partial charge in [0, 0.05) is 25.5 Å². The number of rotatable bonds is 8. The van der Waals surface area contributed by atoms with Crippen LogP contribution in [-0.2, 0) is 21.2 Å². The third-order valence-electron chi connectivity index (χ3n) is 5.46. The molecule has 1 aromatic carbocycles. The smallest absolute Gasteiger partial charge is 0.242 e. The molecule has 10 heteroatoms. The number of aromatic nitrogens is 1. The second kappa shape index (κ2) is 10.1. The van der Waals surface area contributed by atoms with Gasteiger partial charge in [0.05, 0.1) is 6.67 Å². The Morgan fingerprint density at radius 1 is 1.23 bits per heavy atom. The van der Waals surface area contributed by atoms with Gasteiger partial charge in [0.1, 0.15) is 10.9 Å². The average molecular weight is 452 g/mol. The summed E-state index contributed by atoms with van der Waals surface area (Å²) in [6, 6.07) is 5.84. The van der Waals surface area contributed by atoms with Crippen LogP contribution in [0.15, 0.2) is 47.6 Å². The van der Waals surface area contributed by atoms with Crippen LogP contribution >= 0.6 is 0 Å². The summed E-state index contributed by atoms with van der Waals surface area (Å²) >= 11 is 0. The molecule has 0 aliphatic carbocycles. The highest BCUT2D eigenvalue weighted by molar-refractivity contribution is 7.89. The van der Waals surface area contributed by atoms with Crippen molar-refractivity contribution < 1.29 is 27.8 Å². The van der Waals surface area contributed by atoms with E-state index in [0.717, 1.165) is 0 Å². The zero-order chi connectivity index (χ0) is 22.4. The number of hydrogen-bond acceptors (Lipinski definition) is 6. The van der Waals surface area contributed by atoms with Gasteiger partial charge in [-0.3, -0.25) is 14.2 Å². The number of halogens is 1. The number of nitrogens with one attached hydrogen (secondary N) is 1. The summed E-state index contributed by atoms with van der Waals surface area (Å²) in [6.07, 6.45) is 4.42. The van der Waals surface area contributed by atoms with Crippen LogP contribution in [0.4, 0.5) is 4.39 Å². The number of likely N-dealkylation sites (tertiary alicyclic amines) is 1. The Hall–Kier alpha value is -2.72. The Bertz CT molecular complexity index is 995. The van der Waals surface area contributed by atoms with E-state index in [1.165, 1.54) is 42.7 Å². The maximum Gasteiger partial charge on any atom is 0.242 e. The lowest BCUT2D eigenvalue weighted by atomic mass is 9.93. The Balaban J connectivity index is 1.81. The van der Waals surface area contributed by atoms with Crippen molar-refractivity contribution in [3.05, 3.63) is 48.3 Å². The molecule has 1 aliphatic rings. The molecule has 0 bridgehead atoms. The van der Waals surface area contributed by atoms with Gasteiger partial charge in [0.15, 0.2) is 11.5 Å². The van der Waals surface area contributed by atoms with Crippen molar-refractivity contribution in [2.24, 2.45) is 5.92 Å². The van der Waals surface area contributed by atoms with Crippen LogP contribution in [0.2, 0.25) is 0 Å². The van der Waals surface area contributed by atoms with Crippen LogP contribution in [-0.4, -0.2) is 60.2 Å². The number of carbonyl (C=O) groups is 1. The molecule has 3 rings (SSSR count). The molecule has 168 valence electrons. The SMILES string of the molecule is O=C([C@H](Cc1ccc(O)c(O)c1)NS(=O)(=O)c1cccnc1)N1CCC(CCF)CC1. The number of benzene rings is 1. The highest BCUT2D eigenvalue weighted by atomic mass is 32.2. The molecule has 2 heterocycles. The number of hydrogen-bond donors (Lipinski definition) is 3. The molecule has 1 atom stereocenters. The lowest BCUT2D eigenvalue weighted by Crippen LogP contribution is -2.51. The van der Waals surface area contributed by atoms with E-state index in [9.17, 15) is 27.8 Å². The molecule has 0 unspecified atom stereocenters. The predicted molar refractivity (Wildman–Crippen MR) is 112 cm³/mol. The van der Waals surface area contributed by atoms with E-state index in [-0.39, 0.29) is 28.7 Å². The van der Waals surface area contributed by atoms with Gasteiger partial charge in [-0.05, 0) is 61.4 Å². The topological polar surface area (TPSA) is 120 Å².